The molecule has 10 atom stereocenters. The second kappa shape index (κ2) is 9.62. The van der Waals surface area contributed by atoms with Gasteiger partial charge in [-0.3, -0.25) is 0 Å². The van der Waals surface area contributed by atoms with Gasteiger partial charge in [-0.1, -0.05) is 26.8 Å². The number of hydrogen-bond donors (Lipinski definition) is 2. The summed E-state index contributed by atoms with van der Waals surface area (Å²) in [5, 5.41) is 22.6. The number of aliphatic hydroxyl groups is 2. The summed E-state index contributed by atoms with van der Waals surface area (Å²) in [7, 11) is 1.59. The Bertz CT molecular complexity index is 1240. The number of aryl methyl sites for hydroxylation is 1. The number of rotatable bonds is 5. The zero-order valence-electron chi connectivity index (χ0n) is 23.5. The summed E-state index contributed by atoms with van der Waals surface area (Å²) in [4.78, 5) is 17.3. The van der Waals surface area contributed by atoms with Crippen LogP contribution < -0.4 is 10.4 Å². The zero-order valence-corrected chi connectivity index (χ0v) is 23.5. The van der Waals surface area contributed by atoms with Gasteiger partial charge in [-0.25, -0.2) is 9.78 Å². The van der Waals surface area contributed by atoms with Gasteiger partial charge < -0.3 is 19.4 Å². The molecule has 2 aromatic rings. The summed E-state index contributed by atoms with van der Waals surface area (Å²) in [6.07, 6.45) is 9.77. The average Bonchev–Trinajstić information content (AvgIpc) is 3.27. The van der Waals surface area contributed by atoms with Gasteiger partial charge in [0, 0.05) is 6.42 Å². The molecule has 1 aromatic heterocycles. The lowest BCUT2D eigenvalue weighted by atomic mass is 9.43. The maximum atomic E-state index is 12.6. The van der Waals surface area contributed by atoms with E-state index in [1.54, 1.807) is 19.2 Å². The fraction of sp³-hybridized carbons (Fsp3) is 0.750. The SMILES string of the molecule is COc1cccc2c(=O)oc(CC[C@@H](C)[C@H]3CC[C@H]4[C@@H]5CC[C@@H]6C[C@H](O)CC[C@]6(C)C5C[C@H](O)[C@]34C)nc12. The topological polar surface area (TPSA) is 92.8 Å². The van der Waals surface area contributed by atoms with Gasteiger partial charge in [-0.15, -0.1) is 0 Å². The van der Waals surface area contributed by atoms with E-state index in [4.69, 9.17) is 9.15 Å². The molecule has 4 aliphatic rings. The van der Waals surface area contributed by atoms with E-state index in [1.807, 2.05) is 6.07 Å². The minimum Gasteiger partial charge on any atom is -0.494 e. The van der Waals surface area contributed by atoms with Crippen LogP contribution in [0.2, 0.25) is 0 Å². The Morgan fingerprint density at radius 2 is 1.92 bits per heavy atom. The number of hydrogen-bond acceptors (Lipinski definition) is 6. The maximum absolute atomic E-state index is 12.6. The summed E-state index contributed by atoms with van der Waals surface area (Å²) in [5.41, 5.74) is 0.389. The summed E-state index contributed by atoms with van der Waals surface area (Å²) in [5.74, 6) is 4.32. The van der Waals surface area contributed by atoms with Crippen LogP contribution in [0.15, 0.2) is 27.4 Å². The van der Waals surface area contributed by atoms with Crippen LogP contribution in [0.5, 0.6) is 5.75 Å². The Labute approximate surface area is 226 Å². The number of benzene rings is 1. The largest absolute Gasteiger partial charge is 0.494 e. The number of fused-ring (bicyclic) bond motifs is 6. The molecule has 6 nitrogen and oxygen atoms in total. The first kappa shape index (κ1) is 26.3. The van der Waals surface area contributed by atoms with Crippen molar-refractivity contribution in [1.29, 1.82) is 0 Å². The Hall–Kier alpha value is -1.92. The standard InChI is InChI=1S/C32H45NO5/c1-18(8-13-28-33-29-22(30(36)38-28)6-5-7-26(29)37-4)23-11-12-24-21-10-9-19-16-20(34)14-15-31(19,2)25(21)17-27(35)32(23,24)3/h5-7,18-21,23-25,27,34-35H,8-17H2,1-4H3/t18-,19-,20-,21+,23-,24+,25?,27+,31+,32-/m1/s1. The molecular formula is C32H45NO5. The minimum atomic E-state index is -0.363. The molecule has 0 radical (unpaired) electrons. The van der Waals surface area contributed by atoms with Crippen molar-refractivity contribution in [2.45, 2.75) is 97.2 Å². The highest BCUT2D eigenvalue weighted by molar-refractivity contribution is 5.83. The van der Waals surface area contributed by atoms with Crippen LogP contribution in [0.3, 0.4) is 0 Å². The lowest BCUT2D eigenvalue weighted by Gasteiger charge is -2.62. The van der Waals surface area contributed by atoms with E-state index in [-0.39, 0.29) is 28.7 Å². The van der Waals surface area contributed by atoms with Crippen molar-refractivity contribution < 1.29 is 19.4 Å². The molecule has 0 bridgehead atoms. The summed E-state index contributed by atoms with van der Waals surface area (Å²) in [6.45, 7) is 7.17. The Morgan fingerprint density at radius 1 is 1.11 bits per heavy atom. The summed E-state index contributed by atoms with van der Waals surface area (Å²) < 4.78 is 11.0. The van der Waals surface area contributed by atoms with E-state index in [0.717, 1.165) is 38.5 Å². The van der Waals surface area contributed by atoms with Crippen molar-refractivity contribution >= 4 is 10.9 Å². The smallest absolute Gasteiger partial charge is 0.346 e. The molecule has 1 unspecified atom stereocenters. The Morgan fingerprint density at radius 3 is 2.71 bits per heavy atom. The van der Waals surface area contributed by atoms with Crippen molar-refractivity contribution in [3.63, 3.8) is 0 Å². The van der Waals surface area contributed by atoms with Crippen molar-refractivity contribution in [1.82, 2.24) is 4.98 Å². The molecule has 208 valence electrons. The van der Waals surface area contributed by atoms with Crippen LogP contribution in [-0.4, -0.2) is 34.5 Å². The zero-order chi connectivity index (χ0) is 26.8. The van der Waals surface area contributed by atoms with Crippen LogP contribution in [-0.2, 0) is 6.42 Å². The van der Waals surface area contributed by atoms with Crippen molar-refractivity contribution in [3.05, 3.63) is 34.5 Å². The Kier molecular flexibility index (Phi) is 6.66. The quantitative estimate of drug-likeness (QED) is 0.518. The third kappa shape index (κ3) is 3.96. The number of nitrogens with zero attached hydrogens (tertiary/aromatic N) is 1. The van der Waals surface area contributed by atoms with Gasteiger partial charge in [-0.05, 0) is 116 Å². The number of aromatic nitrogens is 1. The van der Waals surface area contributed by atoms with Crippen LogP contribution in [0.25, 0.3) is 10.9 Å². The van der Waals surface area contributed by atoms with Gasteiger partial charge in [-0.2, -0.15) is 0 Å². The second-order valence-electron chi connectivity index (χ2n) is 13.7. The first-order valence-electron chi connectivity index (χ1n) is 15.0. The van der Waals surface area contributed by atoms with Crippen LogP contribution in [0, 0.1) is 46.3 Å². The Balaban J connectivity index is 1.20. The predicted molar refractivity (Wildman–Crippen MR) is 147 cm³/mol. The number of para-hydroxylation sites is 1. The van der Waals surface area contributed by atoms with Gasteiger partial charge in [0.2, 0.25) is 0 Å². The van der Waals surface area contributed by atoms with Gasteiger partial charge in [0.1, 0.15) is 11.3 Å². The fourth-order valence-corrected chi connectivity index (χ4v) is 10.1. The van der Waals surface area contributed by atoms with Gasteiger partial charge in [0.15, 0.2) is 5.89 Å². The van der Waals surface area contributed by atoms with E-state index < -0.39 is 0 Å². The van der Waals surface area contributed by atoms with Crippen molar-refractivity contribution in [2.75, 3.05) is 7.11 Å². The highest BCUT2D eigenvalue weighted by Crippen LogP contribution is 2.68. The molecule has 2 N–H and O–H groups in total. The molecule has 38 heavy (non-hydrogen) atoms. The maximum Gasteiger partial charge on any atom is 0.346 e. The van der Waals surface area contributed by atoms with E-state index in [2.05, 4.69) is 25.8 Å². The summed E-state index contributed by atoms with van der Waals surface area (Å²) >= 11 is 0. The lowest BCUT2D eigenvalue weighted by molar-refractivity contribution is -0.174. The van der Waals surface area contributed by atoms with E-state index in [0.29, 0.717) is 64.5 Å². The minimum absolute atomic E-state index is 0.0706. The number of methoxy groups -OCH3 is 1. The predicted octanol–water partition coefficient (Wildman–Crippen LogP) is 5.76. The average molecular weight is 524 g/mol. The molecule has 1 aromatic carbocycles. The van der Waals surface area contributed by atoms with Crippen molar-refractivity contribution in [2.24, 2.45) is 46.3 Å². The van der Waals surface area contributed by atoms with Gasteiger partial charge in [0.05, 0.1) is 24.7 Å². The van der Waals surface area contributed by atoms with E-state index in [9.17, 15) is 15.0 Å². The van der Waals surface area contributed by atoms with Crippen LogP contribution in [0.4, 0.5) is 0 Å². The third-order valence-electron chi connectivity index (χ3n) is 12.2. The van der Waals surface area contributed by atoms with Crippen LogP contribution >= 0.6 is 0 Å². The molecule has 6 heteroatoms. The van der Waals surface area contributed by atoms with E-state index in [1.165, 1.54) is 19.3 Å². The molecule has 0 saturated heterocycles. The number of aliphatic hydroxyl groups excluding tert-OH is 2. The molecule has 0 spiro atoms. The molecule has 0 amide bonds. The fourth-order valence-electron chi connectivity index (χ4n) is 10.1. The normalized spacial score (nSPS) is 41.3. The van der Waals surface area contributed by atoms with E-state index >= 15 is 0 Å². The monoisotopic (exact) mass is 523 g/mol. The van der Waals surface area contributed by atoms with Gasteiger partial charge >= 0.3 is 5.63 Å². The first-order valence-corrected chi connectivity index (χ1v) is 15.0. The molecule has 4 saturated carbocycles. The molecule has 1 heterocycles. The third-order valence-corrected chi connectivity index (χ3v) is 12.2. The highest BCUT2D eigenvalue weighted by Gasteiger charge is 2.63. The molecule has 4 fully saturated rings. The lowest BCUT2D eigenvalue weighted by Crippen LogP contribution is -2.58. The molecular weight excluding hydrogens is 478 g/mol. The van der Waals surface area contributed by atoms with Crippen molar-refractivity contribution in [3.8, 4) is 5.75 Å². The highest BCUT2D eigenvalue weighted by atomic mass is 16.5. The second-order valence-corrected chi connectivity index (χ2v) is 13.7. The molecule has 4 aliphatic carbocycles. The number of ether oxygens (including phenoxy) is 1. The van der Waals surface area contributed by atoms with Crippen LogP contribution in [0.1, 0.15) is 84.4 Å². The first-order chi connectivity index (χ1) is 18.2. The van der Waals surface area contributed by atoms with Gasteiger partial charge in [0.25, 0.3) is 0 Å². The molecule has 0 aliphatic heterocycles. The summed E-state index contributed by atoms with van der Waals surface area (Å²) in [6, 6.07) is 5.33. The molecule has 6 rings (SSSR count).